The highest BCUT2D eigenvalue weighted by Crippen LogP contribution is 2.33. The van der Waals surface area contributed by atoms with E-state index in [2.05, 4.69) is 10.0 Å². The lowest BCUT2D eigenvalue weighted by Crippen LogP contribution is -2.16. The molecule has 2 aromatic rings. The maximum Gasteiger partial charge on any atom is 0.255 e. The minimum Gasteiger partial charge on any atom is -0.454 e. The van der Waals surface area contributed by atoms with Crippen molar-refractivity contribution in [1.29, 1.82) is 0 Å². The van der Waals surface area contributed by atoms with Gasteiger partial charge in [0.05, 0.1) is 17.6 Å². The summed E-state index contributed by atoms with van der Waals surface area (Å²) in [6, 6.07) is 11.4. The van der Waals surface area contributed by atoms with E-state index in [4.69, 9.17) is 9.47 Å². The summed E-state index contributed by atoms with van der Waals surface area (Å²) in [6.45, 7) is 0.127. The van der Waals surface area contributed by atoms with Gasteiger partial charge in [0.15, 0.2) is 11.5 Å². The van der Waals surface area contributed by atoms with Crippen LogP contribution >= 0.6 is 0 Å². The zero-order chi connectivity index (χ0) is 16.4. The molecule has 0 radical (unpaired) electrons. The zero-order valence-corrected chi connectivity index (χ0v) is 13.0. The fourth-order valence-corrected chi connectivity index (χ4v) is 2.69. The van der Waals surface area contributed by atoms with Gasteiger partial charge in [0, 0.05) is 5.56 Å². The molecule has 0 aromatic heterocycles. The SMILES string of the molecule is CS(=O)(=O)Nc1ccccc1NC(=O)c1ccc2c(c1)OCO2. The molecule has 0 spiro atoms. The second-order valence-electron chi connectivity index (χ2n) is 4.94. The number of benzene rings is 2. The van der Waals surface area contributed by atoms with Crippen LogP contribution in [0.15, 0.2) is 42.5 Å². The molecule has 0 bridgehead atoms. The molecule has 0 fully saturated rings. The minimum absolute atomic E-state index is 0.127. The second kappa shape index (κ2) is 5.81. The smallest absolute Gasteiger partial charge is 0.255 e. The molecule has 0 saturated carbocycles. The largest absolute Gasteiger partial charge is 0.454 e. The lowest BCUT2D eigenvalue weighted by atomic mass is 10.2. The lowest BCUT2D eigenvalue weighted by Gasteiger charge is -2.12. The number of nitrogens with one attached hydrogen (secondary N) is 2. The number of hydrogen-bond acceptors (Lipinski definition) is 5. The summed E-state index contributed by atoms with van der Waals surface area (Å²) in [5, 5.41) is 2.68. The van der Waals surface area contributed by atoms with Crippen LogP contribution in [0.2, 0.25) is 0 Å². The van der Waals surface area contributed by atoms with E-state index >= 15 is 0 Å². The number of ether oxygens (including phenoxy) is 2. The summed E-state index contributed by atoms with van der Waals surface area (Å²) in [6.07, 6.45) is 1.05. The maximum atomic E-state index is 12.3. The number of anilines is 2. The standard InChI is InChI=1S/C15H14N2O5S/c1-23(19,20)17-12-5-3-2-4-11(12)16-15(18)10-6-7-13-14(8-10)22-9-21-13/h2-8,17H,9H2,1H3,(H,16,18). The molecule has 1 heterocycles. The first-order valence-corrected chi connectivity index (χ1v) is 8.59. The van der Waals surface area contributed by atoms with Crippen molar-refractivity contribution in [3.05, 3.63) is 48.0 Å². The van der Waals surface area contributed by atoms with Gasteiger partial charge >= 0.3 is 0 Å². The van der Waals surface area contributed by atoms with E-state index in [0.29, 0.717) is 28.4 Å². The number of hydrogen-bond donors (Lipinski definition) is 2. The molecule has 2 N–H and O–H groups in total. The number of fused-ring (bicyclic) bond motifs is 1. The van der Waals surface area contributed by atoms with Gasteiger partial charge in [-0.1, -0.05) is 12.1 Å². The highest BCUT2D eigenvalue weighted by molar-refractivity contribution is 7.92. The molecule has 120 valence electrons. The van der Waals surface area contributed by atoms with E-state index in [1.807, 2.05) is 0 Å². The third-order valence-corrected chi connectivity index (χ3v) is 3.70. The molecule has 3 rings (SSSR count). The molecule has 0 aliphatic carbocycles. The van der Waals surface area contributed by atoms with Crippen LogP contribution in [-0.2, 0) is 10.0 Å². The van der Waals surface area contributed by atoms with Crippen LogP contribution in [0.25, 0.3) is 0 Å². The molecule has 0 atom stereocenters. The Morgan fingerprint density at radius 3 is 2.48 bits per heavy atom. The van der Waals surface area contributed by atoms with Gasteiger partial charge in [-0.15, -0.1) is 0 Å². The molecule has 1 aliphatic heterocycles. The van der Waals surface area contributed by atoms with Crippen LogP contribution in [0.1, 0.15) is 10.4 Å². The normalized spacial score (nSPS) is 12.7. The first kappa shape index (κ1) is 15.2. The Bertz CT molecular complexity index is 864. The van der Waals surface area contributed by atoms with Crippen LogP contribution in [0.3, 0.4) is 0 Å². The average molecular weight is 334 g/mol. The van der Waals surface area contributed by atoms with Crippen molar-refractivity contribution >= 4 is 27.3 Å². The van der Waals surface area contributed by atoms with Crippen LogP contribution in [-0.4, -0.2) is 27.4 Å². The van der Waals surface area contributed by atoms with E-state index in [-0.39, 0.29) is 12.7 Å². The Morgan fingerprint density at radius 2 is 1.74 bits per heavy atom. The Hall–Kier alpha value is -2.74. The predicted octanol–water partition coefficient (Wildman–Crippen LogP) is 2.04. The monoisotopic (exact) mass is 334 g/mol. The first-order valence-electron chi connectivity index (χ1n) is 6.70. The summed E-state index contributed by atoms with van der Waals surface area (Å²) in [7, 11) is -3.45. The summed E-state index contributed by atoms with van der Waals surface area (Å²) >= 11 is 0. The van der Waals surface area contributed by atoms with E-state index in [9.17, 15) is 13.2 Å². The molecule has 8 heteroatoms. The maximum absolute atomic E-state index is 12.3. The molecule has 2 aromatic carbocycles. The van der Waals surface area contributed by atoms with Gasteiger partial charge < -0.3 is 14.8 Å². The summed E-state index contributed by atoms with van der Waals surface area (Å²) in [4.78, 5) is 12.3. The van der Waals surface area contributed by atoms with Crippen molar-refractivity contribution in [3.63, 3.8) is 0 Å². The number of carbonyl (C=O) groups excluding carboxylic acids is 1. The number of carbonyl (C=O) groups is 1. The number of amides is 1. The molecule has 0 unspecified atom stereocenters. The Morgan fingerprint density at radius 1 is 1.04 bits per heavy atom. The molecule has 23 heavy (non-hydrogen) atoms. The second-order valence-corrected chi connectivity index (χ2v) is 6.69. The fourth-order valence-electron chi connectivity index (χ4n) is 2.11. The van der Waals surface area contributed by atoms with Gasteiger partial charge in [0.2, 0.25) is 16.8 Å². The van der Waals surface area contributed by atoms with Crippen LogP contribution < -0.4 is 19.5 Å². The third-order valence-electron chi connectivity index (χ3n) is 3.11. The van der Waals surface area contributed by atoms with Gasteiger partial charge in [0.25, 0.3) is 5.91 Å². The lowest BCUT2D eigenvalue weighted by molar-refractivity contribution is 0.102. The van der Waals surface area contributed by atoms with Crippen molar-refractivity contribution in [3.8, 4) is 11.5 Å². The topological polar surface area (TPSA) is 93.7 Å². The fraction of sp³-hybridized carbons (Fsp3) is 0.133. The van der Waals surface area contributed by atoms with Crippen molar-refractivity contribution in [1.82, 2.24) is 0 Å². The molecule has 7 nitrogen and oxygen atoms in total. The van der Waals surface area contributed by atoms with Gasteiger partial charge in [-0.25, -0.2) is 8.42 Å². The Balaban J connectivity index is 1.83. The van der Waals surface area contributed by atoms with Crippen molar-refractivity contribution in [2.24, 2.45) is 0 Å². The van der Waals surface area contributed by atoms with Crippen LogP contribution in [0, 0.1) is 0 Å². The van der Waals surface area contributed by atoms with Crippen molar-refractivity contribution in [2.45, 2.75) is 0 Å². The van der Waals surface area contributed by atoms with Crippen LogP contribution in [0.4, 0.5) is 11.4 Å². The first-order chi connectivity index (χ1) is 10.9. The summed E-state index contributed by atoms with van der Waals surface area (Å²) in [5.41, 5.74) is 1.04. The molecular weight excluding hydrogens is 320 g/mol. The minimum atomic E-state index is -3.45. The van der Waals surface area contributed by atoms with Crippen molar-refractivity contribution < 1.29 is 22.7 Å². The van der Waals surface area contributed by atoms with Gasteiger partial charge in [-0.2, -0.15) is 0 Å². The molecular formula is C15H14N2O5S. The quantitative estimate of drug-likeness (QED) is 0.892. The van der Waals surface area contributed by atoms with E-state index in [1.54, 1.807) is 42.5 Å². The molecule has 1 amide bonds. The summed E-state index contributed by atoms with van der Waals surface area (Å²) < 4.78 is 35.6. The molecule has 1 aliphatic rings. The number of rotatable bonds is 4. The molecule has 0 saturated heterocycles. The highest BCUT2D eigenvalue weighted by Gasteiger charge is 2.17. The summed E-state index contributed by atoms with van der Waals surface area (Å²) in [5.74, 6) is 0.701. The van der Waals surface area contributed by atoms with E-state index in [1.165, 1.54) is 0 Å². The predicted molar refractivity (Wildman–Crippen MR) is 85.4 cm³/mol. The zero-order valence-electron chi connectivity index (χ0n) is 12.2. The van der Waals surface area contributed by atoms with Gasteiger partial charge in [-0.3, -0.25) is 9.52 Å². The van der Waals surface area contributed by atoms with Gasteiger partial charge in [-0.05, 0) is 30.3 Å². The Kier molecular flexibility index (Phi) is 3.83. The number of sulfonamides is 1. The highest BCUT2D eigenvalue weighted by atomic mass is 32.2. The van der Waals surface area contributed by atoms with E-state index in [0.717, 1.165) is 6.26 Å². The van der Waals surface area contributed by atoms with Crippen molar-refractivity contribution in [2.75, 3.05) is 23.1 Å². The van der Waals surface area contributed by atoms with E-state index < -0.39 is 10.0 Å². The Labute approximate surface area is 133 Å². The third kappa shape index (κ3) is 3.54. The average Bonchev–Trinajstić information content (AvgIpc) is 2.95. The van der Waals surface area contributed by atoms with Gasteiger partial charge in [0.1, 0.15) is 0 Å². The van der Waals surface area contributed by atoms with Crippen LogP contribution in [0.5, 0.6) is 11.5 Å². The number of para-hydroxylation sites is 2.